The Morgan fingerprint density at radius 2 is 1.74 bits per heavy atom. The summed E-state index contributed by atoms with van der Waals surface area (Å²) in [5, 5.41) is 6.26. The first-order chi connectivity index (χ1) is 20.3. The fraction of sp³-hybridized carbons (Fsp3) is 0.516. The summed E-state index contributed by atoms with van der Waals surface area (Å²) in [6, 6.07) is 7.83. The summed E-state index contributed by atoms with van der Waals surface area (Å²) in [6.45, 7) is 16.1. The average molecular weight is 578 g/mol. The van der Waals surface area contributed by atoms with Gasteiger partial charge in [-0.2, -0.15) is 0 Å². The third-order valence-corrected chi connectivity index (χ3v) is 8.88. The zero-order valence-electron chi connectivity index (χ0n) is 24.9. The Morgan fingerprint density at radius 1 is 0.976 bits per heavy atom. The standard InChI is InChI=1S/C31H41F2N9/c1-5-39-12-14-41(15-13-39)23-8-10-40(11-9-23)24-6-7-28(34-18-24)37-31-35-19-26(33)29(38-31)22-16-25(32)30-27(17-22)42(20(2)3)21(4)36-30/h6-7,16-21,23,36H,5,8-15H2,1-4H3,(H,34,35,37,38). The third-order valence-electron chi connectivity index (χ3n) is 8.88. The molecule has 1 aromatic carbocycles. The van der Waals surface area contributed by atoms with Gasteiger partial charge in [0.05, 0.1) is 35.6 Å². The summed E-state index contributed by atoms with van der Waals surface area (Å²) >= 11 is 0. The number of hydrogen-bond donors (Lipinski definition) is 2. The van der Waals surface area contributed by atoms with Gasteiger partial charge < -0.3 is 25.3 Å². The van der Waals surface area contributed by atoms with Crippen LogP contribution in [0, 0.1) is 11.6 Å². The Labute approximate surface area is 246 Å². The summed E-state index contributed by atoms with van der Waals surface area (Å²) in [5.74, 6) is -0.299. The van der Waals surface area contributed by atoms with Gasteiger partial charge in [0.1, 0.15) is 17.3 Å². The number of halogens is 2. The predicted octanol–water partition coefficient (Wildman–Crippen LogP) is 5.15. The van der Waals surface area contributed by atoms with Gasteiger partial charge in [-0.05, 0) is 64.4 Å². The van der Waals surface area contributed by atoms with E-state index in [1.807, 2.05) is 39.1 Å². The summed E-state index contributed by atoms with van der Waals surface area (Å²) in [6.07, 6.45) is 5.21. The summed E-state index contributed by atoms with van der Waals surface area (Å²) in [4.78, 5) is 22.8. The Hall–Kier alpha value is -3.57. The highest BCUT2D eigenvalue weighted by molar-refractivity contribution is 5.82. The Balaban J connectivity index is 1.11. The van der Waals surface area contributed by atoms with Crippen molar-refractivity contribution in [1.29, 1.82) is 0 Å². The van der Waals surface area contributed by atoms with Crippen LogP contribution in [-0.2, 0) is 0 Å². The molecule has 2 saturated heterocycles. The number of piperidine rings is 1. The number of piperazine rings is 1. The number of rotatable bonds is 7. The van der Waals surface area contributed by atoms with Crippen molar-refractivity contribution in [3.8, 4) is 11.3 Å². The Bertz CT molecular complexity index is 1380. The predicted molar refractivity (Wildman–Crippen MR) is 165 cm³/mol. The highest BCUT2D eigenvalue weighted by atomic mass is 19.1. The third kappa shape index (κ3) is 5.72. The molecule has 0 aliphatic carbocycles. The first kappa shape index (κ1) is 28.5. The number of fused-ring (bicyclic) bond motifs is 1. The van der Waals surface area contributed by atoms with Gasteiger partial charge in [-0.15, -0.1) is 0 Å². The summed E-state index contributed by atoms with van der Waals surface area (Å²) in [7, 11) is 0. The highest BCUT2D eigenvalue weighted by Gasteiger charge is 2.31. The van der Waals surface area contributed by atoms with E-state index in [1.165, 1.54) is 32.2 Å². The maximum absolute atomic E-state index is 15.1. The molecule has 9 nitrogen and oxygen atoms in total. The van der Waals surface area contributed by atoms with E-state index in [2.05, 4.69) is 52.1 Å². The van der Waals surface area contributed by atoms with Crippen LogP contribution in [0.3, 0.4) is 0 Å². The minimum absolute atomic E-state index is 0.0352. The lowest BCUT2D eigenvalue weighted by molar-refractivity contribution is 0.0878. The molecule has 0 bridgehead atoms. The lowest BCUT2D eigenvalue weighted by atomic mass is 10.0. The van der Waals surface area contributed by atoms with Crippen LogP contribution in [0.2, 0.25) is 0 Å². The lowest BCUT2D eigenvalue weighted by Crippen LogP contribution is -2.53. The number of hydrogen-bond acceptors (Lipinski definition) is 9. The molecule has 0 spiro atoms. The zero-order chi connectivity index (χ0) is 29.4. The topological polar surface area (TPSA) is 75.7 Å². The fourth-order valence-corrected chi connectivity index (χ4v) is 6.61. The second-order valence-corrected chi connectivity index (χ2v) is 11.8. The van der Waals surface area contributed by atoms with Crippen molar-refractivity contribution < 1.29 is 8.78 Å². The molecular weight excluding hydrogens is 536 g/mol. The first-order valence-electron chi connectivity index (χ1n) is 15.2. The van der Waals surface area contributed by atoms with Crippen LogP contribution >= 0.6 is 0 Å². The van der Waals surface area contributed by atoms with Crippen LogP contribution in [0.1, 0.15) is 40.5 Å². The van der Waals surface area contributed by atoms with Gasteiger partial charge in [0.15, 0.2) is 5.82 Å². The van der Waals surface area contributed by atoms with Crippen LogP contribution in [-0.4, -0.2) is 88.8 Å². The highest BCUT2D eigenvalue weighted by Crippen LogP contribution is 2.41. The van der Waals surface area contributed by atoms with Crippen molar-refractivity contribution >= 4 is 28.8 Å². The molecule has 2 fully saturated rings. The molecule has 42 heavy (non-hydrogen) atoms. The van der Waals surface area contributed by atoms with E-state index in [4.69, 9.17) is 0 Å². The van der Waals surface area contributed by atoms with Crippen molar-refractivity contribution in [3.05, 3.63) is 48.3 Å². The van der Waals surface area contributed by atoms with Gasteiger partial charge in [0, 0.05) is 56.9 Å². The van der Waals surface area contributed by atoms with E-state index in [0.717, 1.165) is 44.4 Å². The number of nitrogens with one attached hydrogen (secondary N) is 2. The molecule has 3 aromatic rings. The number of benzene rings is 1. The monoisotopic (exact) mass is 577 g/mol. The van der Waals surface area contributed by atoms with Crippen LogP contribution in [0.15, 0.2) is 36.7 Å². The largest absolute Gasteiger partial charge is 0.370 e. The van der Waals surface area contributed by atoms with Crippen LogP contribution in [0.4, 0.5) is 37.6 Å². The van der Waals surface area contributed by atoms with Crippen LogP contribution < -0.4 is 20.4 Å². The van der Waals surface area contributed by atoms with Crippen molar-refractivity contribution in [2.75, 3.05) is 66.2 Å². The first-order valence-corrected chi connectivity index (χ1v) is 15.2. The molecule has 5 heterocycles. The van der Waals surface area contributed by atoms with E-state index in [1.54, 1.807) is 6.07 Å². The number of aromatic nitrogens is 3. The van der Waals surface area contributed by atoms with E-state index < -0.39 is 11.6 Å². The van der Waals surface area contributed by atoms with E-state index >= 15 is 4.39 Å². The van der Waals surface area contributed by atoms with Crippen LogP contribution in [0.5, 0.6) is 0 Å². The van der Waals surface area contributed by atoms with Gasteiger partial charge in [0.25, 0.3) is 0 Å². The molecule has 6 rings (SSSR count). The molecule has 2 aromatic heterocycles. The maximum Gasteiger partial charge on any atom is 0.229 e. The smallest absolute Gasteiger partial charge is 0.229 e. The Kier molecular flexibility index (Phi) is 8.13. The SMILES string of the molecule is CCN1CCN(C2CCN(c3ccc(Nc4ncc(F)c(-c5cc(F)c6c(c5)N(C(C)C)C(C)N6)n4)nc3)CC2)CC1. The quantitative estimate of drug-likeness (QED) is 0.396. The minimum atomic E-state index is -0.617. The summed E-state index contributed by atoms with van der Waals surface area (Å²) < 4.78 is 30.0. The van der Waals surface area contributed by atoms with Crippen LogP contribution in [0.25, 0.3) is 11.3 Å². The van der Waals surface area contributed by atoms with Gasteiger partial charge >= 0.3 is 0 Å². The van der Waals surface area contributed by atoms with Gasteiger partial charge in [-0.25, -0.2) is 23.7 Å². The molecule has 0 saturated carbocycles. The normalized spacial score (nSPS) is 20.2. The molecule has 3 aliphatic rings. The van der Waals surface area contributed by atoms with Gasteiger partial charge in [0.2, 0.25) is 5.95 Å². The maximum atomic E-state index is 15.1. The van der Waals surface area contributed by atoms with Crippen molar-refractivity contribution in [2.45, 2.75) is 58.8 Å². The van der Waals surface area contributed by atoms with E-state index in [0.29, 0.717) is 28.8 Å². The molecule has 0 radical (unpaired) electrons. The molecular formula is C31H41F2N9. The van der Waals surface area contributed by atoms with Gasteiger partial charge in [-0.1, -0.05) is 6.92 Å². The number of likely N-dealkylation sites (N-methyl/N-ethyl adjacent to an activating group) is 1. The average Bonchev–Trinajstić information content (AvgIpc) is 3.35. The molecule has 3 aliphatic heterocycles. The molecule has 224 valence electrons. The van der Waals surface area contributed by atoms with E-state index in [9.17, 15) is 4.39 Å². The minimum Gasteiger partial charge on any atom is -0.370 e. The second kappa shape index (κ2) is 12.0. The van der Waals surface area contributed by atoms with Crippen molar-refractivity contribution in [3.63, 3.8) is 0 Å². The molecule has 11 heteroatoms. The van der Waals surface area contributed by atoms with Crippen molar-refractivity contribution in [1.82, 2.24) is 24.8 Å². The second-order valence-electron chi connectivity index (χ2n) is 11.8. The molecule has 2 N–H and O–H groups in total. The summed E-state index contributed by atoms with van der Waals surface area (Å²) in [5.41, 5.74) is 2.60. The van der Waals surface area contributed by atoms with Crippen molar-refractivity contribution in [2.24, 2.45) is 0 Å². The number of pyridine rings is 1. The zero-order valence-corrected chi connectivity index (χ0v) is 24.9. The van der Waals surface area contributed by atoms with E-state index in [-0.39, 0.29) is 23.8 Å². The fourth-order valence-electron chi connectivity index (χ4n) is 6.61. The molecule has 1 unspecified atom stereocenters. The Morgan fingerprint density at radius 3 is 2.40 bits per heavy atom. The number of nitrogens with zero attached hydrogens (tertiary/aromatic N) is 7. The molecule has 0 amide bonds. The number of anilines is 5. The lowest BCUT2D eigenvalue weighted by Gasteiger charge is -2.43. The molecule has 1 atom stereocenters. The van der Waals surface area contributed by atoms with Gasteiger partial charge in [-0.3, -0.25) is 4.90 Å².